The Morgan fingerprint density at radius 3 is 2.12 bits per heavy atom. The first-order valence-electron chi connectivity index (χ1n) is 10.2. The summed E-state index contributed by atoms with van der Waals surface area (Å²) in [5, 5.41) is 0. The molecular weight excluding hydrogens is 304 g/mol. The van der Waals surface area contributed by atoms with Crippen molar-refractivity contribution in [2.24, 2.45) is 35.5 Å². The Morgan fingerprint density at radius 2 is 1.48 bits per heavy atom. The number of terminal acetylenes is 2. The number of hydrogen-bond acceptors (Lipinski definition) is 1. The molecule has 2 nitrogen and oxygen atoms in total. The van der Waals surface area contributed by atoms with Crippen LogP contribution in [0.5, 0.6) is 0 Å². The van der Waals surface area contributed by atoms with Crippen molar-refractivity contribution in [3.63, 3.8) is 0 Å². The standard InChI is InChI=1S/C23H35N2/c1-7-20-13-16(3)11-18(5)22(20)24-9-10-25(15-24)23-19(6)12-17(4)14-21(23)8-2/h1-2,15-23H,9-14H2,3-6H3/q+1. The fourth-order valence-corrected chi connectivity index (χ4v) is 6.12. The van der Waals surface area contributed by atoms with Crippen LogP contribution in [-0.4, -0.2) is 41.0 Å². The molecule has 0 N–H and O–H groups in total. The number of rotatable bonds is 2. The molecule has 3 rings (SSSR count). The molecular formula is C23H35N2+. The number of nitrogens with zero attached hydrogens (tertiary/aromatic N) is 2. The molecule has 3 aliphatic rings. The van der Waals surface area contributed by atoms with E-state index in [1.807, 2.05) is 0 Å². The van der Waals surface area contributed by atoms with E-state index in [1.54, 1.807) is 0 Å². The molecule has 0 spiro atoms. The van der Waals surface area contributed by atoms with Gasteiger partial charge in [0.15, 0.2) is 0 Å². The summed E-state index contributed by atoms with van der Waals surface area (Å²) in [5.41, 5.74) is 0. The Bertz CT molecular complexity index is 592. The van der Waals surface area contributed by atoms with E-state index >= 15 is 0 Å². The van der Waals surface area contributed by atoms with Crippen molar-refractivity contribution in [1.29, 1.82) is 0 Å². The van der Waals surface area contributed by atoms with Crippen LogP contribution in [0.3, 0.4) is 0 Å². The van der Waals surface area contributed by atoms with Crippen molar-refractivity contribution in [2.45, 2.75) is 65.5 Å². The van der Waals surface area contributed by atoms with Crippen molar-refractivity contribution >= 4 is 6.34 Å². The summed E-state index contributed by atoms with van der Waals surface area (Å²) in [7, 11) is 0. The Labute approximate surface area is 155 Å². The van der Waals surface area contributed by atoms with Crippen LogP contribution in [-0.2, 0) is 0 Å². The van der Waals surface area contributed by atoms with E-state index < -0.39 is 0 Å². The van der Waals surface area contributed by atoms with Crippen molar-refractivity contribution in [2.75, 3.05) is 13.1 Å². The van der Waals surface area contributed by atoms with Crippen LogP contribution in [0.25, 0.3) is 0 Å². The van der Waals surface area contributed by atoms with Crippen LogP contribution in [0.4, 0.5) is 0 Å². The second-order valence-electron chi connectivity index (χ2n) is 9.23. The molecule has 2 saturated carbocycles. The van der Waals surface area contributed by atoms with Crippen LogP contribution in [0.1, 0.15) is 53.4 Å². The molecule has 8 atom stereocenters. The van der Waals surface area contributed by atoms with Gasteiger partial charge in [-0.05, 0) is 49.4 Å². The Kier molecular flexibility index (Phi) is 5.48. The maximum Gasteiger partial charge on any atom is 0.234 e. The zero-order chi connectivity index (χ0) is 18.1. The SMILES string of the molecule is C#CC1CC(C)CC(C)C1N1C=[N+](C2C(C)CC(C)CC2C#C)CC1. The van der Waals surface area contributed by atoms with Gasteiger partial charge in [0.25, 0.3) is 0 Å². The molecule has 0 radical (unpaired) electrons. The average Bonchev–Trinajstić information content (AvgIpc) is 3.01. The van der Waals surface area contributed by atoms with Gasteiger partial charge in [0, 0.05) is 0 Å². The highest BCUT2D eigenvalue weighted by molar-refractivity contribution is 5.52. The molecule has 25 heavy (non-hydrogen) atoms. The molecule has 8 unspecified atom stereocenters. The minimum Gasteiger partial charge on any atom is -0.260 e. The summed E-state index contributed by atoms with van der Waals surface area (Å²) < 4.78 is 2.55. The van der Waals surface area contributed by atoms with E-state index in [4.69, 9.17) is 12.8 Å². The van der Waals surface area contributed by atoms with Gasteiger partial charge in [-0.25, -0.2) is 0 Å². The van der Waals surface area contributed by atoms with E-state index in [0.717, 1.165) is 24.9 Å². The Balaban J connectivity index is 1.80. The maximum atomic E-state index is 5.91. The summed E-state index contributed by atoms with van der Waals surface area (Å²) in [5.74, 6) is 9.78. The largest absolute Gasteiger partial charge is 0.260 e. The van der Waals surface area contributed by atoms with Gasteiger partial charge >= 0.3 is 0 Å². The third kappa shape index (κ3) is 3.60. The molecule has 0 saturated heterocycles. The lowest BCUT2D eigenvalue weighted by atomic mass is 9.72. The molecule has 0 aromatic carbocycles. The third-order valence-corrected chi connectivity index (χ3v) is 6.96. The van der Waals surface area contributed by atoms with Crippen LogP contribution in [0.15, 0.2) is 0 Å². The van der Waals surface area contributed by atoms with Crippen molar-refractivity contribution in [3.8, 4) is 24.7 Å². The van der Waals surface area contributed by atoms with Crippen LogP contribution < -0.4 is 0 Å². The molecule has 0 bridgehead atoms. The smallest absolute Gasteiger partial charge is 0.234 e. The predicted molar refractivity (Wildman–Crippen MR) is 105 cm³/mol. The molecule has 1 heterocycles. The van der Waals surface area contributed by atoms with Crippen molar-refractivity contribution in [3.05, 3.63) is 0 Å². The van der Waals surface area contributed by atoms with Gasteiger partial charge in [-0.1, -0.05) is 39.5 Å². The van der Waals surface area contributed by atoms with Gasteiger partial charge in [-0.2, -0.15) is 0 Å². The highest BCUT2D eigenvalue weighted by Gasteiger charge is 2.44. The average molecular weight is 340 g/mol. The molecule has 0 amide bonds. The molecule has 2 fully saturated rings. The fourth-order valence-electron chi connectivity index (χ4n) is 6.12. The van der Waals surface area contributed by atoms with Gasteiger partial charge in [0.1, 0.15) is 25.2 Å². The van der Waals surface area contributed by atoms with Gasteiger partial charge in [0.2, 0.25) is 6.34 Å². The molecule has 2 aliphatic carbocycles. The molecule has 0 aromatic rings. The van der Waals surface area contributed by atoms with Crippen LogP contribution >= 0.6 is 0 Å². The van der Waals surface area contributed by atoms with Gasteiger partial charge in [-0.15, -0.1) is 12.8 Å². The molecule has 1 aliphatic heterocycles. The normalized spacial score (nSPS) is 44.7. The first-order valence-corrected chi connectivity index (χ1v) is 10.2. The maximum absolute atomic E-state index is 5.91. The van der Waals surface area contributed by atoms with Crippen LogP contribution in [0.2, 0.25) is 0 Å². The highest BCUT2D eigenvalue weighted by atomic mass is 15.3. The number of hydrogen-bond donors (Lipinski definition) is 0. The molecule has 0 aromatic heterocycles. The van der Waals surface area contributed by atoms with E-state index in [0.29, 0.717) is 35.8 Å². The quantitative estimate of drug-likeness (QED) is 0.549. The van der Waals surface area contributed by atoms with Crippen molar-refractivity contribution in [1.82, 2.24) is 4.90 Å². The highest BCUT2D eigenvalue weighted by Crippen LogP contribution is 2.38. The first kappa shape index (κ1) is 18.4. The van der Waals surface area contributed by atoms with Crippen molar-refractivity contribution < 1.29 is 4.58 Å². The Morgan fingerprint density at radius 1 is 0.880 bits per heavy atom. The zero-order valence-corrected chi connectivity index (χ0v) is 16.5. The van der Waals surface area contributed by atoms with Gasteiger partial charge < -0.3 is 0 Å². The third-order valence-electron chi connectivity index (χ3n) is 6.96. The fraction of sp³-hybridized carbons (Fsp3) is 0.783. The van der Waals surface area contributed by atoms with E-state index in [9.17, 15) is 0 Å². The summed E-state index contributed by atoms with van der Waals surface area (Å²) in [6, 6.07) is 0.988. The van der Waals surface area contributed by atoms with Crippen LogP contribution in [0, 0.1) is 60.2 Å². The molecule has 2 heteroatoms. The lowest BCUT2D eigenvalue weighted by molar-refractivity contribution is -0.571. The lowest BCUT2D eigenvalue weighted by Gasteiger charge is -2.38. The second-order valence-corrected chi connectivity index (χ2v) is 9.23. The molecule has 136 valence electrons. The van der Waals surface area contributed by atoms with E-state index in [-0.39, 0.29) is 0 Å². The zero-order valence-electron chi connectivity index (χ0n) is 16.5. The Hall–Kier alpha value is -1.41. The van der Waals surface area contributed by atoms with Gasteiger partial charge in [-0.3, -0.25) is 9.48 Å². The monoisotopic (exact) mass is 339 g/mol. The summed E-state index contributed by atoms with van der Waals surface area (Å²) in [4.78, 5) is 2.55. The van der Waals surface area contributed by atoms with E-state index in [1.165, 1.54) is 25.7 Å². The topological polar surface area (TPSA) is 6.25 Å². The predicted octanol–water partition coefficient (Wildman–Crippen LogP) is 3.71. The minimum absolute atomic E-state index is 0.377. The minimum atomic E-state index is 0.377. The second kappa shape index (κ2) is 7.45. The summed E-state index contributed by atoms with van der Waals surface area (Å²) >= 11 is 0. The summed E-state index contributed by atoms with van der Waals surface area (Å²) in [6.07, 6.45) is 19.1. The van der Waals surface area contributed by atoms with E-state index in [2.05, 4.69) is 55.3 Å². The summed E-state index contributed by atoms with van der Waals surface area (Å²) in [6.45, 7) is 11.7. The lowest BCUT2D eigenvalue weighted by Crippen LogP contribution is -2.47. The van der Waals surface area contributed by atoms with Gasteiger partial charge in [0.05, 0.1) is 11.8 Å². The first-order chi connectivity index (χ1) is 11.9.